The topological polar surface area (TPSA) is 52.3 Å². The molecule has 0 saturated heterocycles. The van der Waals surface area contributed by atoms with Crippen LogP contribution in [-0.4, -0.2) is 18.6 Å². The maximum Gasteiger partial charge on any atom is 0.246 e. The van der Waals surface area contributed by atoms with E-state index in [4.69, 9.17) is 10.5 Å². The number of unbranched alkanes of at least 4 members (excludes halogenated alkanes) is 1. The van der Waals surface area contributed by atoms with Crippen molar-refractivity contribution in [3.63, 3.8) is 0 Å². The van der Waals surface area contributed by atoms with Gasteiger partial charge in [0, 0.05) is 0 Å². The van der Waals surface area contributed by atoms with Crippen LogP contribution in [0, 0.1) is 0 Å². The molecule has 0 fully saturated rings. The molecule has 0 spiro atoms. The predicted octanol–water partition coefficient (Wildman–Crippen LogP) is 2.29. The molecule has 0 heterocycles. The molecule has 0 aliphatic carbocycles. The molecule has 17 heavy (non-hydrogen) atoms. The van der Waals surface area contributed by atoms with E-state index in [2.05, 4.69) is 19.1 Å². The summed E-state index contributed by atoms with van der Waals surface area (Å²) in [6.07, 6.45) is 3.13. The van der Waals surface area contributed by atoms with E-state index in [0.717, 1.165) is 25.7 Å². The number of rotatable bonds is 8. The number of primary amides is 1. The zero-order valence-corrected chi connectivity index (χ0v) is 10.4. The predicted molar refractivity (Wildman–Crippen MR) is 68.6 cm³/mol. The Labute approximate surface area is 103 Å². The second-order valence-electron chi connectivity index (χ2n) is 4.14. The standard InChI is InChI=1S/C14H21NO2/c1-2-3-9-13(14(15)16)17-11-10-12-7-5-4-6-8-12/h4-8,13H,2-3,9-11H2,1H3,(H2,15,16). The van der Waals surface area contributed by atoms with Crippen molar-refractivity contribution in [1.82, 2.24) is 0 Å². The van der Waals surface area contributed by atoms with Crippen LogP contribution >= 0.6 is 0 Å². The van der Waals surface area contributed by atoms with Crippen LogP contribution in [0.25, 0.3) is 0 Å². The zero-order chi connectivity index (χ0) is 12.5. The first-order valence-corrected chi connectivity index (χ1v) is 6.19. The highest BCUT2D eigenvalue weighted by Gasteiger charge is 2.14. The number of nitrogens with two attached hydrogens (primary N) is 1. The summed E-state index contributed by atoms with van der Waals surface area (Å²) in [5, 5.41) is 0. The Morgan fingerprint density at radius 1 is 1.35 bits per heavy atom. The van der Waals surface area contributed by atoms with Crippen molar-refractivity contribution in [2.75, 3.05) is 6.61 Å². The number of hydrogen-bond donors (Lipinski definition) is 1. The molecule has 0 bridgehead atoms. The minimum atomic E-state index is -0.432. The molecule has 0 aliphatic heterocycles. The normalized spacial score (nSPS) is 12.3. The molecule has 0 aromatic heterocycles. The Morgan fingerprint density at radius 2 is 2.06 bits per heavy atom. The SMILES string of the molecule is CCCCC(OCCc1ccccc1)C(N)=O. The van der Waals surface area contributed by atoms with Crippen molar-refractivity contribution in [2.45, 2.75) is 38.7 Å². The van der Waals surface area contributed by atoms with E-state index in [0.29, 0.717) is 6.61 Å². The first-order chi connectivity index (χ1) is 8.24. The lowest BCUT2D eigenvalue weighted by Crippen LogP contribution is -2.31. The fraction of sp³-hybridized carbons (Fsp3) is 0.500. The molecule has 2 N–H and O–H groups in total. The highest BCUT2D eigenvalue weighted by Crippen LogP contribution is 2.06. The number of ether oxygens (including phenoxy) is 1. The molecule has 94 valence electrons. The molecule has 0 saturated carbocycles. The fourth-order valence-corrected chi connectivity index (χ4v) is 1.66. The lowest BCUT2D eigenvalue weighted by atomic mass is 10.1. The summed E-state index contributed by atoms with van der Waals surface area (Å²) < 4.78 is 5.54. The molecule has 3 heteroatoms. The van der Waals surface area contributed by atoms with Crippen LogP contribution in [0.2, 0.25) is 0 Å². The van der Waals surface area contributed by atoms with Crippen molar-refractivity contribution < 1.29 is 9.53 Å². The molecule has 1 unspecified atom stereocenters. The van der Waals surface area contributed by atoms with Crippen LogP contribution in [0.5, 0.6) is 0 Å². The van der Waals surface area contributed by atoms with E-state index in [-0.39, 0.29) is 5.91 Å². The quantitative estimate of drug-likeness (QED) is 0.751. The summed E-state index contributed by atoms with van der Waals surface area (Å²) in [7, 11) is 0. The maximum atomic E-state index is 11.1. The molecule has 1 atom stereocenters. The van der Waals surface area contributed by atoms with Gasteiger partial charge in [0.1, 0.15) is 6.10 Å². The summed E-state index contributed by atoms with van der Waals surface area (Å²) in [4.78, 5) is 11.1. The largest absolute Gasteiger partial charge is 0.368 e. The van der Waals surface area contributed by atoms with Crippen molar-refractivity contribution in [3.8, 4) is 0 Å². The monoisotopic (exact) mass is 235 g/mol. The molecule has 1 aromatic carbocycles. The second-order valence-corrected chi connectivity index (χ2v) is 4.14. The van der Waals surface area contributed by atoms with Crippen LogP contribution in [0.4, 0.5) is 0 Å². The van der Waals surface area contributed by atoms with Gasteiger partial charge < -0.3 is 10.5 Å². The van der Waals surface area contributed by atoms with Crippen LogP contribution in [-0.2, 0) is 16.0 Å². The lowest BCUT2D eigenvalue weighted by Gasteiger charge is -2.14. The molecular formula is C14H21NO2. The summed E-state index contributed by atoms with van der Waals surface area (Å²) in [5.41, 5.74) is 6.51. The van der Waals surface area contributed by atoms with Crippen LogP contribution in [0.1, 0.15) is 31.7 Å². The summed E-state index contributed by atoms with van der Waals surface area (Å²) in [6, 6.07) is 10.1. The molecule has 1 aromatic rings. The van der Waals surface area contributed by atoms with Gasteiger partial charge in [-0.3, -0.25) is 4.79 Å². The summed E-state index contributed by atoms with van der Waals surface area (Å²) in [5.74, 6) is -0.355. The van der Waals surface area contributed by atoms with Crippen LogP contribution in [0.15, 0.2) is 30.3 Å². The second kappa shape index (κ2) is 7.85. The van der Waals surface area contributed by atoms with Crippen molar-refractivity contribution in [3.05, 3.63) is 35.9 Å². The third-order valence-corrected chi connectivity index (χ3v) is 2.69. The molecule has 0 radical (unpaired) electrons. The van der Waals surface area contributed by atoms with Crippen molar-refractivity contribution >= 4 is 5.91 Å². The van der Waals surface area contributed by atoms with E-state index in [1.165, 1.54) is 5.56 Å². The number of carbonyl (C=O) groups excluding carboxylic acids is 1. The Hall–Kier alpha value is -1.35. The fourth-order valence-electron chi connectivity index (χ4n) is 1.66. The Balaban J connectivity index is 2.29. The number of carbonyl (C=O) groups is 1. The third kappa shape index (κ3) is 5.50. The third-order valence-electron chi connectivity index (χ3n) is 2.69. The number of hydrogen-bond acceptors (Lipinski definition) is 2. The lowest BCUT2D eigenvalue weighted by molar-refractivity contribution is -0.129. The molecular weight excluding hydrogens is 214 g/mol. The van der Waals surface area contributed by atoms with Crippen molar-refractivity contribution in [1.29, 1.82) is 0 Å². The highest BCUT2D eigenvalue weighted by atomic mass is 16.5. The summed E-state index contributed by atoms with van der Waals surface area (Å²) >= 11 is 0. The van der Waals surface area contributed by atoms with Gasteiger partial charge in [-0.25, -0.2) is 0 Å². The van der Waals surface area contributed by atoms with Gasteiger partial charge >= 0.3 is 0 Å². The first-order valence-electron chi connectivity index (χ1n) is 6.19. The molecule has 1 amide bonds. The first kappa shape index (κ1) is 13.7. The molecule has 0 aliphatic rings. The van der Waals surface area contributed by atoms with E-state index >= 15 is 0 Å². The highest BCUT2D eigenvalue weighted by molar-refractivity contribution is 5.78. The van der Waals surface area contributed by atoms with Gasteiger partial charge in [0.25, 0.3) is 0 Å². The van der Waals surface area contributed by atoms with Gasteiger partial charge in [-0.05, 0) is 18.4 Å². The van der Waals surface area contributed by atoms with Gasteiger partial charge in [0.05, 0.1) is 6.61 Å². The average Bonchev–Trinajstić information content (AvgIpc) is 2.34. The molecule has 3 nitrogen and oxygen atoms in total. The summed E-state index contributed by atoms with van der Waals surface area (Å²) in [6.45, 7) is 2.63. The average molecular weight is 235 g/mol. The maximum absolute atomic E-state index is 11.1. The smallest absolute Gasteiger partial charge is 0.246 e. The van der Waals surface area contributed by atoms with E-state index < -0.39 is 6.10 Å². The Morgan fingerprint density at radius 3 is 2.65 bits per heavy atom. The van der Waals surface area contributed by atoms with Crippen LogP contribution in [0.3, 0.4) is 0 Å². The minimum absolute atomic E-state index is 0.355. The Bertz CT molecular complexity index is 324. The van der Waals surface area contributed by atoms with E-state index in [1.54, 1.807) is 0 Å². The van der Waals surface area contributed by atoms with Gasteiger partial charge in [-0.2, -0.15) is 0 Å². The molecule has 1 rings (SSSR count). The Kier molecular flexibility index (Phi) is 6.33. The number of amides is 1. The van der Waals surface area contributed by atoms with Gasteiger partial charge in [0.15, 0.2) is 0 Å². The van der Waals surface area contributed by atoms with Crippen LogP contribution < -0.4 is 5.73 Å². The number of benzene rings is 1. The van der Waals surface area contributed by atoms with Gasteiger partial charge in [-0.1, -0.05) is 50.1 Å². The zero-order valence-electron chi connectivity index (χ0n) is 10.4. The van der Waals surface area contributed by atoms with Gasteiger partial charge in [-0.15, -0.1) is 0 Å². The van der Waals surface area contributed by atoms with E-state index in [9.17, 15) is 4.79 Å². The van der Waals surface area contributed by atoms with Gasteiger partial charge in [0.2, 0.25) is 5.91 Å². The van der Waals surface area contributed by atoms with Crippen molar-refractivity contribution in [2.24, 2.45) is 5.73 Å². The van der Waals surface area contributed by atoms with E-state index in [1.807, 2.05) is 18.2 Å². The minimum Gasteiger partial charge on any atom is -0.368 e.